The molecule has 0 aliphatic rings. The van der Waals surface area contributed by atoms with Gasteiger partial charge in [0.2, 0.25) is 0 Å². The Labute approximate surface area is 85.3 Å². The first-order chi connectivity index (χ1) is 6.09. The molecule has 0 heterocycles. The van der Waals surface area contributed by atoms with Crippen molar-refractivity contribution < 1.29 is 4.79 Å². The number of benzene rings is 1. The fourth-order valence-electron chi connectivity index (χ4n) is 0.858. The van der Waals surface area contributed by atoms with E-state index in [0.29, 0.717) is 0 Å². The molecule has 1 aromatic rings. The van der Waals surface area contributed by atoms with Crippen molar-refractivity contribution in [3.8, 4) is 11.8 Å². The maximum Gasteiger partial charge on any atom is 0.293 e. The van der Waals surface area contributed by atoms with Gasteiger partial charge in [0.25, 0.3) is 5.91 Å². The van der Waals surface area contributed by atoms with E-state index >= 15 is 0 Å². The molecule has 2 nitrogen and oxygen atoms in total. The summed E-state index contributed by atoms with van der Waals surface area (Å²) in [6.07, 6.45) is 0. The molecule has 0 aliphatic carbocycles. The Bertz CT molecular complexity index is 401. The topological polar surface area (TPSA) is 43.1 Å². The van der Waals surface area contributed by atoms with E-state index in [9.17, 15) is 4.79 Å². The molecule has 0 atom stereocenters. The summed E-state index contributed by atoms with van der Waals surface area (Å²) in [5.74, 6) is 4.38. The second kappa shape index (κ2) is 4.11. The van der Waals surface area contributed by atoms with Crippen LogP contribution in [0.25, 0.3) is 0 Å². The number of carbonyl (C=O) groups excluding carboxylic acids is 1. The highest BCUT2D eigenvalue weighted by atomic mass is 79.9. The summed E-state index contributed by atoms with van der Waals surface area (Å²) in [6.45, 7) is 1.93. The third-order valence-corrected chi connectivity index (χ3v) is 2.01. The molecule has 0 saturated carbocycles. The average Bonchev–Trinajstić information content (AvgIpc) is 2.06. The molecule has 13 heavy (non-hydrogen) atoms. The minimum atomic E-state index is -0.612. The van der Waals surface area contributed by atoms with Crippen LogP contribution in [-0.4, -0.2) is 5.91 Å². The summed E-state index contributed by atoms with van der Waals surface area (Å²) < 4.78 is 0.937. The van der Waals surface area contributed by atoms with Crippen LogP contribution in [-0.2, 0) is 4.79 Å². The Balaban J connectivity index is 3.09. The largest absolute Gasteiger partial charge is 0.359 e. The van der Waals surface area contributed by atoms with Crippen molar-refractivity contribution in [1.29, 1.82) is 0 Å². The van der Waals surface area contributed by atoms with E-state index in [-0.39, 0.29) is 0 Å². The molecule has 3 heteroatoms. The zero-order valence-electron chi connectivity index (χ0n) is 7.10. The second-order valence-corrected chi connectivity index (χ2v) is 3.49. The number of primary amides is 1. The fourth-order valence-corrected chi connectivity index (χ4v) is 1.22. The molecule has 66 valence electrons. The maximum absolute atomic E-state index is 10.4. The Morgan fingerprint density at radius 3 is 2.85 bits per heavy atom. The van der Waals surface area contributed by atoms with Crippen LogP contribution in [0.5, 0.6) is 0 Å². The van der Waals surface area contributed by atoms with Crippen molar-refractivity contribution in [1.82, 2.24) is 0 Å². The van der Waals surface area contributed by atoms with Crippen molar-refractivity contribution in [2.75, 3.05) is 0 Å². The number of carbonyl (C=O) groups is 1. The first-order valence-electron chi connectivity index (χ1n) is 3.67. The number of hydrogen-bond acceptors (Lipinski definition) is 1. The number of halogens is 1. The first kappa shape index (κ1) is 9.82. The van der Waals surface area contributed by atoms with Crippen LogP contribution in [0.2, 0.25) is 0 Å². The zero-order valence-corrected chi connectivity index (χ0v) is 8.68. The summed E-state index contributed by atoms with van der Waals surface area (Å²) in [7, 11) is 0. The Hall–Kier alpha value is -1.27. The van der Waals surface area contributed by atoms with E-state index in [1.807, 2.05) is 25.1 Å². The lowest BCUT2D eigenvalue weighted by Crippen LogP contribution is -2.06. The average molecular weight is 238 g/mol. The van der Waals surface area contributed by atoms with Gasteiger partial charge in [0, 0.05) is 10.0 Å². The minimum absolute atomic E-state index is 0.612. The molecule has 0 aliphatic heterocycles. The van der Waals surface area contributed by atoms with Crippen LogP contribution in [0.15, 0.2) is 22.7 Å². The molecule has 1 aromatic carbocycles. The molecular formula is C10H8BrNO. The van der Waals surface area contributed by atoms with Gasteiger partial charge in [-0.2, -0.15) is 0 Å². The standard InChI is InChI=1S/C10H8BrNO/c1-7-2-4-9(11)6-8(7)3-5-10(12)13/h2,4,6H,1H3,(H2,12,13). The predicted molar refractivity (Wildman–Crippen MR) is 55.0 cm³/mol. The summed E-state index contributed by atoms with van der Waals surface area (Å²) in [5, 5.41) is 0. The van der Waals surface area contributed by atoms with E-state index < -0.39 is 5.91 Å². The molecule has 1 amide bonds. The Morgan fingerprint density at radius 2 is 2.23 bits per heavy atom. The van der Waals surface area contributed by atoms with Crippen molar-refractivity contribution >= 4 is 21.8 Å². The predicted octanol–water partition coefficient (Wildman–Crippen LogP) is 1.59. The van der Waals surface area contributed by atoms with Gasteiger partial charge in [-0.25, -0.2) is 0 Å². The molecule has 2 N–H and O–H groups in total. The second-order valence-electron chi connectivity index (χ2n) is 2.57. The molecule has 0 spiro atoms. The highest BCUT2D eigenvalue weighted by Crippen LogP contribution is 2.14. The van der Waals surface area contributed by atoms with Crippen molar-refractivity contribution in [2.45, 2.75) is 6.92 Å². The third-order valence-electron chi connectivity index (χ3n) is 1.52. The molecule has 0 saturated heterocycles. The van der Waals surface area contributed by atoms with Crippen molar-refractivity contribution in [3.05, 3.63) is 33.8 Å². The quantitative estimate of drug-likeness (QED) is 0.685. The lowest BCUT2D eigenvalue weighted by Gasteiger charge is -1.97. The number of hydrogen-bond donors (Lipinski definition) is 1. The molecule has 0 bridgehead atoms. The van der Waals surface area contributed by atoms with Gasteiger partial charge in [0.1, 0.15) is 0 Å². The van der Waals surface area contributed by atoms with E-state index in [1.54, 1.807) is 0 Å². The molecule has 0 aromatic heterocycles. The maximum atomic E-state index is 10.4. The van der Waals surface area contributed by atoms with Crippen LogP contribution in [0.1, 0.15) is 11.1 Å². The van der Waals surface area contributed by atoms with Gasteiger partial charge >= 0.3 is 0 Å². The molecule has 1 rings (SSSR count). The Morgan fingerprint density at radius 1 is 1.54 bits per heavy atom. The smallest absolute Gasteiger partial charge is 0.293 e. The SMILES string of the molecule is Cc1ccc(Br)cc1C#CC(N)=O. The number of rotatable bonds is 0. The van der Waals surface area contributed by atoms with Crippen LogP contribution < -0.4 is 5.73 Å². The van der Waals surface area contributed by atoms with Gasteiger partial charge in [-0.3, -0.25) is 4.79 Å². The summed E-state index contributed by atoms with van der Waals surface area (Å²) in [4.78, 5) is 10.4. The summed E-state index contributed by atoms with van der Waals surface area (Å²) in [5.41, 5.74) is 6.74. The lowest BCUT2D eigenvalue weighted by atomic mass is 10.1. The fraction of sp³-hybridized carbons (Fsp3) is 0.100. The first-order valence-corrected chi connectivity index (χ1v) is 4.46. The molecule has 0 fully saturated rings. The van der Waals surface area contributed by atoms with Crippen molar-refractivity contribution in [2.24, 2.45) is 5.73 Å². The van der Waals surface area contributed by atoms with Crippen LogP contribution >= 0.6 is 15.9 Å². The number of aryl methyl sites for hydroxylation is 1. The van der Waals surface area contributed by atoms with Gasteiger partial charge in [-0.15, -0.1) is 0 Å². The molecule has 0 radical (unpaired) electrons. The van der Waals surface area contributed by atoms with Gasteiger partial charge in [-0.05, 0) is 30.5 Å². The van der Waals surface area contributed by atoms with Crippen LogP contribution in [0, 0.1) is 18.8 Å². The van der Waals surface area contributed by atoms with Crippen LogP contribution in [0.4, 0.5) is 0 Å². The molecular weight excluding hydrogens is 230 g/mol. The summed E-state index contributed by atoms with van der Waals surface area (Å²) in [6, 6.07) is 5.70. The van der Waals surface area contributed by atoms with E-state index in [0.717, 1.165) is 15.6 Å². The Kier molecular flexibility index (Phi) is 3.10. The van der Waals surface area contributed by atoms with Crippen molar-refractivity contribution in [3.63, 3.8) is 0 Å². The van der Waals surface area contributed by atoms with E-state index in [1.165, 1.54) is 0 Å². The van der Waals surface area contributed by atoms with Gasteiger partial charge in [0.15, 0.2) is 0 Å². The van der Waals surface area contributed by atoms with Gasteiger partial charge in [0.05, 0.1) is 0 Å². The minimum Gasteiger partial charge on any atom is -0.359 e. The van der Waals surface area contributed by atoms with Gasteiger partial charge in [-0.1, -0.05) is 27.9 Å². The monoisotopic (exact) mass is 237 g/mol. The highest BCUT2D eigenvalue weighted by Gasteiger charge is 1.95. The van der Waals surface area contributed by atoms with E-state index in [2.05, 4.69) is 27.8 Å². The van der Waals surface area contributed by atoms with E-state index in [4.69, 9.17) is 5.73 Å². The normalized spacial score (nSPS) is 8.77. The van der Waals surface area contributed by atoms with Gasteiger partial charge < -0.3 is 5.73 Å². The third kappa shape index (κ3) is 2.92. The number of nitrogens with two attached hydrogens (primary N) is 1. The zero-order chi connectivity index (χ0) is 9.84. The number of amides is 1. The molecule has 0 unspecified atom stereocenters. The highest BCUT2D eigenvalue weighted by molar-refractivity contribution is 9.10. The lowest BCUT2D eigenvalue weighted by molar-refractivity contribution is -0.112. The van der Waals surface area contributed by atoms with Crippen LogP contribution in [0.3, 0.4) is 0 Å². The summed E-state index contributed by atoms with van der Waals surface area (Å²) >= 11 is 3.32.